The van der Waals surface area contributed by atoms with Crippen LogP contribution in [-0.4, -0.2) is 35.4 Å². The molecule has 1 fully saturated rings. The quantitative estimate of drug-likeness (QED) is 0.494. The number of fused-ring (bicyclic) bond motifs is 1. The molecule has 164 valence electrons. The van der Waals surface area contributed by atoms with Crippen LogP contribution in [0, 0.1) is 29.6 Å². The molecule has 0 aromatic heterocycles. The van der Waals surface area contributed by atoms with Crippen molar-refractivity contribution in [3.63, 3.8) is 0 Å². The van der Waals surface area contributed by atoms with Gasteiger partial charge in [0, 0.05) is 12.3 Å². The first kappa shape index (κ1) is 26.3. The largest absolute Gasteiger partial charge is 1.00 e. The second-order valence-corrected chi connectivity index (χ2v) is 9.36. The number of rotatable bonds is 6. The molecule has 6 heteroatoms. The number of carbonyl (C=O) groups is 2. The Labute approximate surface area is 224 Å². The van der Waals surface area contributed by atoms with Gasteiger partial charge in [0.2, 0.25) is 0 Å². The molecule has 5 nitrogen and oxygen atoms in total. The van der Waals surface area contributed by atoms with Crippen LogP contribution in [0.3, 0.4) is 0 Å². The second-order valence-electron chi connectivity index (χ2n) is 9.36. The Hall–Kier alpha value is 0.0164. The van der Waals surface area contributed by atoms with E-state index >= 15 is 0 Å². The second kappa shape index (κ2) is 11.8. The summed E-state index contributed by atoms with van der Waals surface area (Å²) >= 11 is 0. The Kier molecular flexibility index (Phi) is 10.3. The van der Waals surface area contributed by atoms with Crippen LogP contribution < -0.4 is 51.4 Å². The molecule has 8 atom stereocenters. The van der Waals surface area contributed by atoms with Gasteiger partial charge in [-0.3, -0.25) is 9.59 Å². The van der Waals surface area contributed by atoms with E-state index in [4.69, 9.17) is 9.47 Å². The summed E-state index contributed by atoms with van der Waals surface area (Å²) in [6.45, 7) is 8.33. The van der Waals surface area contributed by atoms with Gasteiger partial charge < -0.3 is 16.0 Å². The zero-order valence-electron chi connectivity index (χ0n) is 20.2. The van der Waals surface area contributed by atoms with E-state index in [9.17, 15) is 14.7 Å². The molecular formula is C24H37KO5. The molecule has 0 aromatic carbocycles. The van der Waals surface area contributed by atoms with Crippen molar-refractivity contribution in [2.75, 3.05) is 0 Å². The number of cyclic esters (lactones) is 1. The van der Waals surface area contributed by atoms with Crippen molar-refractivity contribution in [2.45, 2.75) is 84.5 Å². The molecule has 2 aliphatic carbocycles. The number of hydrogen-bond donors (Lipinski definition) is 1. The third-order valence-electron chi connectivity index (χ3n) is 6.93. The minimum absolute atomic E-state index is 0. The molecule has 0 spiro atoms. The number of esters is 2. The fourth-order valence-corrected chi connectivity index (χ4v) is 5.07. The molecule has 3 aliphatic rings. The first-order chi connectivity index (χ1) is 13.8. The topological polar surface area (TPSA) is 72.8 Å². The zero-order valence-corrected chi connectivity index (χ0v) is 22.3. The van der Waals surface area contributed by atoms with Gasteiger partial charge in [-0.1, -0.05) is 45.9 Å². The average Bonchev–Trinajstić information content (AvgIpc) is 2.65. The Morgan fingerprint density at radius 3 is 2.73 bits per heavy atom. The van der Waals surface area contributed by atoms with E-state index in [0.717, 1.165) is 25.7 Å². The Morgan fingerprint density at radius 2 is 2.07 bits per heavy atom. The summed E-state index contributed by atoms with van der Waals surface area (Å²) in [7, 11) is 0. The molecule has 0 aromatic rings. The summed E-state index contributed by atoms with van der Waals surface area (Å²) < 4.78 is 11.5. The monoisotopic (exact) mass is 444 g/mol. The van der Waals surface area contributed by atoms with Gasteiger partial charge >= 0.3 is 63.3 Å². The molecule has 1 aliphatic heterocycles. The average molecular weight is 445 g/mol. The van der Waals surface area contributed by atoms with E-state index in [1.54, 1.807) is 0 Å². The molecule has 0 radical (unpaired) electrons. The molecule has 0 unspecified atom stereocenters. The van der Waals surface area contributed by atoms with Crippen molar-refractivity contribution in [2.24, 2.45) is 29.6 Å². The van der Waals surface area contributed by atoms with Crippen LogP contribution in [0.2, 0.25) is 0 Å². The van der Waals surface area contributed by atoms with Crippen LogP contribution in [0.5, 0.6) is 0 Å². The van der Waals surface area contributed by atoms with E-state index in [2.05, 4.69) is 32.1 Å². The van der Waals surface area contributed by atoms with Gasteiger partial charge in [-0.25, -0.2) is 0 Å². The predicted molar refractivity (Wildman–Crippen MR) is 112 cm³/mol. The van der Waals surface area contributed by atoms with Crippen LogP contribution in [0.4, 0.5) is 0 Å². The summed E-state index contributed by atoms with van der Waals surface area (Å²) in [5.41, 5.74) is 1.27. The molecule has 0 bridgehead atoms. The third-order valence-corrected chi connectivity index (χ3v) is 6.93. The van der Waals surface area contributed by atoms with Gasteiger partial charge in [0.05, 0.1) is 18.4 Å². The van der Waals surface area contributed by atoms with E-state index in [1.807, 2.05) is 13.8 Å². The Bertz CT molecular complexity index is 679. The summed E-state index contributed by atoms with van der Waals surface area (Å²) in [6.07, 6.45) is 9.70. The van der Waals surface area contributed by atoms with Gasteiger partial charge in [0.25, 0.3) is 0 Å². The Morgan fingerprint density at radius 1 is 1.33 bits per heavy atom. The normalized spacial score (nSPS) is 36.6. The number of hydrogen-bond acceptors (Lipinski definition) is 5. The number of allylic oxidation sites excluding steroid dienone is 3. The summed E-state index contributed by atoms with van der Waals surface area (Å²) in [5.74, 6) is 0.755. The molecule has 30 heavy (non-hydrogen) atoms. The number of aliphatic hydroxyl groups excluding tert-OH is 1. The van der Waals surface area contributed by atoms with Crippen LogP contribution in [0.1, 0.15) is 67.6 Å². The van der Waals surface area contributed by atoms with Crippen LogP contribution in [-0.2, 0) is 19.1 Å². The van der Waals surface area contributed by atoms with Crippen molar-refractivity contribution in [3.8, 4) is 0 Å². The first-order valence-corrected chi connectivity index (χ1v) is 11.3. The van der Waals surface area contributed by atoms with Gasteiger partial charge in [0.15, 0.2) is 0 Å². The van der Waals surface area contributed by atoms with Crippen molar-refractivity contribution >= 4 is 11.9 Å². The van der Waals surface area contributed by atoms with E-state index < -0.39 is 6.10 Å². The number of carbonyl (C=O) groups excluding carboxylic acids is 2. The van der Waals surface area contributed by atoms with Crippen LogP contribution in [0.15, 0.2) is 23.8 Å². The fourth-order valence-electron chi connectivity index (χ4n) is 5.07. The van der Waals surface area contributed by atoms with Gasteiger partial charge in [0.1, 0.15) is 12.2 Å². The van der Waals surface area contributed by atoms with Crippen molar-refractivity contribution in [1.29, 1.82) is 0 Å². The summed E-state index contributed by atoms with van der Waals surface area (Å²) in [4.78, 5) is 24.2. The van der Waals surface area contributed by atoms with Crippen molar-refractivity contribution in [1.82, 2.24) is 0 Å². The van der Waals surface area contributed by atoms with Crippen molar-refractivity contribution < 1.29 is 77.0 Å². The summed E-state index contributed by atoms with van der Waals surface area (Å²) in [5, 5.41) is 9.89. The molecule has 1 saturated heterocycles. The van der Waals surface area contributed by atoms with Crippen molar-refractivity contribution in [3.05, 3.63) is 23.8 Å². The number of aliphatic hydroxyl groups is 1. The molecule has 0 saturated carbocycles. The van der Waals surface area contributed by atoms with Gasteiger partial charge in [-0.15, -0.1) is 0 Å². The van der Waals surface area contributed by atoms with Crippen LogP contribution in [0.25, 0.3) is 0 Å². The summed E-state index contributed by atoms with van der Waals surface area (Å²) in [6, 6.07) is 0. The van der Waals surface area contributed by atoms with E-state index in [0.29, 0.717) is 24.2 Å². The first-order valence-electron chi connectivity index (χ1n) is 11.3. The maximum absolute atomic E-state index is 12.5. The zero-order chi connectivity index (χ0) is 21.1. The van der Waals surface area contributed by atoms with Gasteiger partial charge in [-0.2, -0.15) is 0 Å². The molecular weight excluding hydrogens is 407 g/mol. The van der Waals surface area contributed by atoms with Crippen LogP contribution >= 0.6 is 0 Å². The molecule has 0 amide bonds. The smallest absolute Gasteiger partial charge is 1.00 e. The standard InChI is InChI=1S/C24H36O5.K.H/c1-5-15(3)24(27)29-21-11-14(2)10-17-7-6-16(4)20(23(17)21)9-8-19-12-18(25)13-22(26)28-19;;/h6-7,10,14-16,18-21,23,25H,5,8-9,11-13H2,1-4H3;;/q;+1;-1/t14-,15-,16-,18+,19+,20-,21-,23-;;/m0../s1. The minimum Gasteiger partial charge on any atom is -1.00 e. The predicted octanol–water partition coefficient (Wildman–Crippen LogP) is 1.31. The van der Waals surface area contributed by atoms with E-state index in [1.165, 1.54) is 5.57 Å². The fraction of sp³-hybridized carbons (Fsp3) is 0.750. The molecule has 3 rings (SSSR count). The molecule has 1 N–H and O–H groups in total. The third kappa shape index (κ3) is 6.52. The minimum atomic E-state index is -0.597. The SMILES string of the molecule is CC[C@H](C)C(=O)O[C@H]1C[C@@H](C)C=C2C=C[C@H](C)[C@H](CC[C@@H]3C[C@@H](O)CC(=O)O3)[C@H]21.[H-].[K+]. The maximum Gasteiger partial charge on any atom is 1.00 e. The van der Waals surface area contributed by atoms with Gasteiger partial charge in [-0.05, 0) is 49.0 Å². The molecule has 1 heterocycles. The maximum atomic E-state index is 12.5. The van der Waals surface area contributed by atoms with E-state index in [-0.39, 0.29) is 95.2 Å². The number of ether oxygens (including phenoxy) is 2. The Balaban J connectivity index is 0.00000240.